The zero-order chi connectivity index (χ0) is 30.7. The molecule has 1 heterocycles. The second-order valence-corrected chi connectivity index (χ2v) is 10.4. The Labute approximate surface area is 258 Å². The van der Waals surface area contributed by atoms with E-state index in [1.165, 1.54) is 18.3 Å². The molecule has 0 bridgehead atoms. The van der Waals surface area contributed by atoms with Gasteiger partial charge in [-0.15, -0.1) is 0 Å². The third-order valence-electron chi connectivity index (χ3n) is 6.22. The van der Waals surface area contributed by atoms with E-state index in [1.807, 2.05) is 0 Å². The number of nitrogens with zero attached hydrogens (tertiary/aromatic N) is 3. The molecule has 0 saturated heterocycles. The largest absolute Gasteiger partial charge is 0.490 e. The number of benzene rings is 4. The van der Waals surface area contributed by atoms with E-state index in [-0.39, 0.29) is 34.2 Å². The van der Waals surface area contributed by atoms with Crippen LogP contribution in [0.2, 0.25) is 15.1 Å². The van der Waals surface area contributed by atoms with Crippen LogP contribution in [0.1, 0.15) is 23.6 Å². The van der Waals surface area contributed by atoms with Crippen LogP contribution in [0.4, 0.5) is 13.2 Å². The fourth-order valence-electron chi connectivity index (χ4n) is 4.23. The first-order valence-corrected chi connectivity index (χ1v) is 14.0. The summed E-state index contributed by atoms with van der Waals surface area (Å²) in [6, 6.07) is 19.3. The topological polar surface area (TPSA) is 65.7 Å². The van der Waals surface area contributed by atoms with Crippen LogP contribution in [-0.4, -0.2) is 22.5 Å². The summed E-state index contributed by atoms with van der Waals surface area (Å²) in [4.78, 5) is 18.0. The number of fused-ring (bicyclic) bond motifs is 1. The second-order valence-electron chi connectivity index (χ2n) is 9.19. The quantitative estimate of drug-likeness (QED) is 0.158. The summed E-state index contributed by atoms with van der Waals surface area (Å²) < 4.78 is 53.1. The van der Waals surface area contributed by atoms with Crippen LogP contribution in [0.15, 0.2) is 88.8 Å². The van der Waals surface area contributed by atoms with Crippen LogP contribution in [0.25, 0.3) is 22.3 Å². The molecule has 6 nitrogen and oxygen atoms in total. The maximum atomic E-state index is 13.5. The van der Waals surface area contributed by atoms with Crippen molar-refractivity contribution in [2.45, 2.75) is 19.7 Å². The van der Waals surface area contributed by atoms with Crippen LogP contribution >= 0.6 is 34.8 Å². The molecule has 0 aliphatic rings. The fourth-order valence-corrected chi connectivity index (χ4v) is 4.82. The molecule has 43 heavy (non-hydrogen) atoms. The minimum absolute atomic E-state index is 0.0638. The van der Waals surface area contributed by atoms with Gasteiger partial charge in [0, 0.05) is 5.56 Å². The average Bonchev–Trinajstić information content (AvgIpc) is 2.98. The lowest BCUT2D eigenvalue weighted by molar-refractivity contribution is -0.137. The molecule has 0 atom stereocenters. The first-order valence-electron chi connectivity index (χ1n) is 12.8. The summed E-state index contributed by atoms with van der Waals surface area (Å²) in [6.07, 6.45) is -3.25. The van der Waals surface area contributed by atoms with Gasteiger partial charge in [0.1, 0.15) is 6.61 Å². The van der Waals surface area contributed by atoms with Crippen molar-refractivity contribution in [3.63, 3.8) is 0 Å². The SMILES string of the molecule is CCOc1cc(C=Nn2c(-c3cccc(C(F)(F)F)c3)nc3ccccc3c2=O)cc(Cl)c1OCc1ccc(Cl)c(Cl)c1. The van der Waals surface area contributed by atoms with Crippen LogP contribution in [0.5, 0.6) is 11.5 Å². The number of hydrogen-bond acceptors (Lipinski definition) is 5. The molecule has 0 aliphatic carbocycles. The van der Waals surface area contributed by atoms with Gasteiger partial charge in [-0.25, -0.2) is 4.98 Å². The van der Waals surface area contributed by atoms with Gasteiger partial charge in [-0.2, -0.15) is 22.9 Å². The summed E-state index contributed by atoms with van der Waals surface area (Å²) in [7, 11) is 0. The number of halogens is 6. The Hall–Kier alpha value is -4.05. The number of para-hydroxylation sites is 1. The Morgan fingerprint density at radius 3 is 2.44 bits per heavy atom. The Morgan fingerprint density at radius 1 is 0.907 bits per heavy atom. The minimum Gasteiger partial charge on any atom is -0.490 e. The predicted octanol–water partition coefficient (Wildman–Crippen LogP) is 8.90. The number of rotatable bonds is 8. The molecule has 1 aromatic heterocycles. The predicted molar refractivity (Wildman–Crippen MR) is 163 cm³/mol. The van der Waals surface area contributed by atoms with Gasteiger partial charge in [-0.3, -0.25) is 4.79 Å². The van der Waals surface area contributed by atoms with Crippen molar-refractivity contribution >= 4 is 51.9 Å². The molecule has 0 fully saturated rings. The molecule has 0 N–H and O–H groups in total. The van der Waals surface area contributed by atoms with Gasteiger partial charge >= 0.3 is 6.18 Å². The summed E-state index contributed by atoms with van der Waals surface area (Å²) >= 11 is 18.7. The number of ether oxygens (including phenoxy) is 2. The first kappa shape index (κ1) is 30.4. The van der Waals surface area contributed by atoms with E-state index in [4.69, 9.17) is 44.3 Å². The fraction of sp³-hybridized carbons (Fsp3) is 0.129. The molecule has 0 saturated carbocycles. The molecule has 5 aromatic rings. The summed E-state index contributed by atoms with van der Waals surface area (Å²) in [5.74, 6) is 0.531. The van der Waals surface area contributed by atoms with Gasteiger partial charge in [-0.1, -0.05) is 65.1 Å². The van der Waals surface area contributed by atoms with Crippen LogP contribution < -0.4 is 15.0 Å². The molecule has 5 rings (SSSR count). The van der Waals surface area contributed by atoms with E-state index in [9.17, 15) is 18.0 Å². The Balaban J connectivity index is 1.55. The van der Waals surface area contributed by atoms with Crippen molar-refractivity contribution in [2.75, 3.05) is 6.61 Å². The zero-order valence-electron chi connectivity index (χ0n) is 22.3. The summed E-state index contributed by atoms with van der Waals surface area (Å²) in [5, 5.41) is 5.58. The second kappa shape index (κ2) is 12.7. The molecule has 0 radical (unpaired) electrons. The molecule has 220 valence electrons. The van der Waals surface area contributed by atoms with Crippen LogP contribution in [0.3, 0.4) is 0 Å². The molecule has 0 spiro atoms. The van der Waals surface area contributed by atoms with E-state index in [0.717, 1.165) is 22.4 Å². The molecule has 0 amide bonds. The smallest absolute Gasteiger partial charge is 0.416 e. The van der Waals surface area contributed by atoms with E-state index in [1.54, 1.807) is 61.5 Å². The zero-order valence-corrected chi connectivity index (χ0v) is 24.6. The summed E-state index contributed by atoms with van der Waals surface area (Å²) in [6.45, 7) is 2.22. The lowest BCUT2D eigenvalue weighted by Gasteiger charge is -2.15. The standard InChI is InChI=1S/C31H21Cl3F3N3O3/c1-2-42-27-14-19(13-25(34)28(27)43-17-18-10-11-23(32)24(33)12-18)16-38-40-29(20-6-5-7-21(15-20)31(35,36)37)39-26-9-4-3-8-22(26)30(40)41/h3-16H,2,17H2,1H3. The molecule has 0 unspecified atom stereocenters. The highest BCUT2D eigenvalue weighted by Gasteiger charge is 2.31. The molecular weight excluding hydrogens is 626 g/mol. The third kappa shape index (κ3) is 6.80. The van der Waals surface area contributed by atoms with Gasteiger partial charge in [0.15, 0.2) is 17.3 Å². The normalized spacial score (nSPS) is 11.8. The van der Waals surface area contributed by atoms with E-state index in [2.05, 4.69) is 10.1 Å². The van der Waals surface area contributed by atoms with Gasteiger partial charge < -0.3 is 9.47 Å². The van der Waals surface area contributed by atoms with Crippen molar-refractivity contribution in [1.29, 1.82) is 0 Å². The lowest BCUT2D eigenvalue weighted by Crippen LogP contribution is -2.20. The number of alkyl halides is 3. The minimum atomic E-state index is -4.59. The lowest BCUT2D eigenvalue weighted by atomic mass is 10.1. The van der Waals surface area contributed by atoms with Gasteiger partial charge in [0.2, 0.25) is 0 Å². The highest BCUT2D eigenvalue weighted by atomic mass is 35.5. The van der Waals surface area contributed by atoms with Crippen molar-refractivity contribution in [2.24, 2.45) is 5.10 Å². The van der Waals surface area contributed by atoms with Crippen molar-refractivity contribution in [3.8, 4) is 22.9 Å². The Bertz CT molecular complexity index is 1910. The van der Waals surface area contributed by atoms with Crippen molar-refractivity contribution < 1.29 is 22.6 Å². The van der Waals surface area contributed by atoms with Crippen molar-refractivity contribution in [3.05, 3.63) is 121 Å². The van der Waals surface area contributed by atoms with Gasteiger partial charge in [0.05, 0.1) is 44.4 Å². The first-order chi connectivity index (χ1) is 20.5. The van der Waals surface area contributed by atoms with E-state index in [0.29, 0.717) is 33.5 Å². The average molecular weight is 647 g/mol. The van der Waals surface area contributed by atoms with Gasteiger partial charge in [-0.05, 0) is 66.6 Å². The van der Waals surface area contributed by atoms with E-state index < -0.39 is 17.3 Å². The van der Waals surface area contributed by atoms with Crippen molar-refractivity contribution in [1.82, 2.24) is 9.66 Å². The Kier molecular flexibility index (Phi) is 8.96. The molecular formula is C31H21Cl3F3N3O3. The van der Waals surface area contributed by atoms with E-state index >= 15 is 0 Å². The number of hydrogen-bond donors (Lipinski definition) is 0. The van der Waals surface area contributed by atoms with Gasteiger partial charge in [0.25, 0.3) is 5.56 Å². The maximum absolute atomic E-state index is 13.5. The monoisotopic (exact) mass is 645 g/mol. The molecule has 12 heteroatoms. The Morgan fingerprint density at radius 2 is 1.70 bits per heavy atom. The maximum Gasteiger partial charge on any atom is 0.416 e. The highest BCUT2D eigenvalue weighted by Crippen LogP contribution is 2.37. The van der Waals surface area contributed by atoms with Crippen LogP contribution in [-0.2, 0) is 12.8 Å². The molecule has 0 aliphatic heterocycles. The summed E-state index contributed by atoms with van der Waals surface area (Å²) in [5.41, 5.74) is 0.124. The van der Waals surface area contributed by atoms with Crippen LogP contribution in [0, 0.1) is 0 Å². The molecule has 4 aromatic carbocycles. The number of aromatic nitrogens is 2. The highest BCUT2D eigenvalue weighted by molar-refractivity contribution is 6.42. The third-order valence-corrected chi connectivity index (χ3v) is 7.24.